The van der Waals surface area contributed by atoms with Crippen LogP contribution in [0.2, 0.25) is 0 Å². The van der Waals surface area contributed by atoms with E-state index < -0.39 is 11.9 Å². The van der Waals surface area contributed by atoms with Crippen LogP contribution in [0, 0.1) is 5.92 Å². The van der Waals surface area contributed by atoms with Gasteiger partial charge in [0.1, 0.15) is 0 Å². The average molecular weight is 335 g/mol. The lowest BCUT2D eigenvalue weighted by molar-refractivity contribution is -0.138. The van der Waals surface area contributed by atoms with Gasteiger partial charge in [-0.25, -0.2) is 0 Å². The minimum absolute atomic E-state index is 0.0359. The van der Waals surface area contributed by atoms with Gasteiger partial charge in [0.25, 0.3) is 0 Å². The third-order valence-electron chi connectivity index (χ3n) is 5.83. The molecule has 2 aromatic rings. The van der Waals surface area contributed by atoms with Crippen LogP contribution in [0.4, 0.5) is 5.69 Å². The third-order valence-corrected chi connectivity index (χ3v) is 5.83. The van der Waals surface area contributed by atoms with E-state index in [1.165, 1.54) is 11.1 Å². The monoisotopic (exact) mass is 335 g/mol. The molecular formula is C21H21NO3. The fourth-order valence-corrected chi connectivity index (χ4v) is 4.17. The number of carboxylic acids is 1. The van der Waals surface area contributed by atoms with Crippen molar-refractivity contribution in [2.24, 2.45) is 5.92 Å². The van der Waals surface area contributed by atoms with Gasteiger partial charge in [0, 0.05) is 17.0 Å². The number of hydrogen-bond donors (Lipinski definition) is 2. The zero-order valence-electron chi connectivity index (χ0n) is 14.2. The molecule has 1 amide bonds. The van der Waals surface area contributed by atoms with E-state index in [9.17, 15) is 9.59 Å². The number of anilines is 1. The first kappa shape index (κ1) is 15.9. The summed E-state index contributed by atoms with van der Waals surface area (Å²) < 4.78 is 0. The molecule has 4 nitrogen and oxygen atoms in total. The van der Waals surface area contributed by atoms with Gasteiger partial charge in [-0.1, -0.05) is 36.4 Å². The number of aliphatic carboxylic acids is 1. The molecule has 3 unspecified atom stereocenters. The summed E-state index contributed by atoms with van der Waals surface area (Å²) in [4.78, 5) is 23.7. The van der Waals surface area contributed by atoms with Crippen LogP contribution < -0.4 is 5.32 Å². The fourth-order valence-electron chi connectivity index (χ4n) is 4.17. The molecule has 4 rings (SSSR count). The molecule has 1 spiro atoms. The highest BCUT2D eigenvalue weighted by Crippen LogP contribution is 2.61. The molecule has 0 radical (unpaired) electrons. The van der Waals surface area contributed by atoms with Crippen LogP contribution >= 0.6 is 0 Å². The highest BCUT2D eigenvalue weighted by Gasteiger charge is 2.61. The molecule has 0 aliphatic heterocycles. The van der Waals surface area contributed by atoms with Gasteiger partial charge in [0.15, 0.2) is 0 Å². The first-order valence-electron chi connectivity index (χ1n) is 8.73. The number of nitrogens with one attached hydrogen (secondary N) is 1. The Morgan fingerprint density at radius 1 is 1.16 bits per heavy atom. The minimum atomic E-state index is -0.850. The smallest absolute Gasteiger partial charge is 0.310 e. The molecule has 2 aromatic carbocycles. The summed E-state index contributed by atoms with van der Waals surface area (Å²) in [7, 11) is 0. The van der Waals surface area contributed by atoms with E-state index in [4.69, 9.17) is 5.11 Å². The van der Waals surface area contributed by atoms with Crippen LogP contribution in [-0.2, 0) is 21.4 Å². The molecule has 3 atom stereocenters. The van der Waals surface area contributed by atoms with Gasteiger partial charge in [-0.15, -0.1) is 0 Å². The second-order valence-electron chi connectivity index (χ2n) is 7.24. The summed E-state index contributed by atoms with van der Waals surface area (Å²) in [6.07, 6.45) is 3.03. The normalized spacial score (nSPS) is 24.6. The van der Waals surface area contributed by atoms with Crippen molar-refractivity contribution in [1.82, 2.24) is 0 Å². The summed E-state index contributed by atoms with van der Waals surface area (Å²) in [5, 5.41) is 12.1. The lowest BCUT2D eigenvalue weighted by Crippen LogP contribution is -2.19. The first-order chi connectivity index (χ1) is 12.0. The number of benzene rings is 2. The Kier molecular flexibility index (Phi) is 3.64. The van der Waals surface area contributed by atoms with Gasteiger partial charge < -0.3 is 10.4 Å². The lowest BCUT2D eigenvalue weighted by Gasteiger charge is -2.12. The van der Waals surface area contributed by atoms with Gasteiger partial charge in [0.2, 0.25) is 5.91 Å². The van der Waals surface area contributed by atoms with Gasteiger partial charge >= 0.3 is 5.97 Å². The van der Waals surface area contributed by atoms with Crippen molar-refractivity contribution in [2.45, 2.75) is 37.5 Å². The Balaban J connectivity index is 1.45. The van der Waals surface area contributed by atoms with Crippen molar-refractivity contribution in [1.29, 1.82) is 0 Å². The van der Waals surface area contributed by atoms with Crippen molar-refractivity contribution in [3.8, 4) is 0 Å². The molecule has 1 saturated carbocycles. The predicted molar refractivity (Wildman–Crippen MR) is 95.7 cm³/mol. The molecule has 0 aromatic heterocycles. The molecule has 0 bridgehead atoms. The van der Waals surface area contributed by atoms with Gasteiger partial charge in [-0.3, -0.25) is 9.59 Å². The molecule has 0 heterocycles. The van der Waals surface area contributed by atoms with Crippen LogP contribution in [0.5, 0.6) is 0 Å². The van der Waals surface area contributed by atoms with E-state index >= 15 is 0 Å². The van der Waals surface area contributed by atoms with E-state index in [1.807, 2.05) is 0 Å². The number of hydrogen-bond acceptors (Lipinski definition) is 2. The summed E-state index contributed by atoms with van der Waals surface area (Å²) in [6, 6.07) is 15.5. The number of rotatable bonds is 4. The zero-order chi connectivity index (χ0) is 17.6. The van der Waals surface area contributed by atoms with Gasteiger partial charge in [0.05, 0.1) is 5.92 Å². The van der Waals surface area contributed by atoms with Crippen molar-refractivity contribution in [3.63, 3.8) is 0 Å². The van der Waals surface area contributed by atoms with Crippen molar-refractivity contribution >= 4 is 17.6 Å². The van der Waals surface area contributed by atoms with E-state index in [-0.39, 0.29) is 17.2 Å². The van der Waals surface area contributed by atoms with Crippen molar-refractivity contribution in [2.75, 3.05) is 5.32 Å². The van der Waals surface area contributed by atoms with Crippen LogP contribution in [0.15, 0.2) is 48.5 Å². The largest absolute Gasteiger partial charge is 0.481 e. The molecular weight excluding hydrogens is 314 g/mol. The van der Waals surface area contributed by atoms with Crippen LogP contribution in [0.25, 0.3) is 0 Å². The van der Waals surface area contributed by atoms with Crippen LogP contribution in [-0.4, -0.2) is 17.0 Å². The highest BCUT2D eigenvalue weighted by molar-refractivity contribution is 5.96. The fraction of sp³-hybridized carbons (Fsp3) is 0.333. The number of carbonyl (C=O) groups is 2. The number of fused-ring (bicyclic) bond motifs is 2. The molecule has 25 heavy (non-hydrogen) atoms. The second-order valence-corrected chi connectivity index (χ2v) is 7.24. The van der Waals surface area contributed by atoms with Crippen molar-refractivity contribution in [3.05, 3.63) is 65.2 Å². The standard InChI is InChI=1S/C21H21NO3/c1-13(20(24)25)14-6-8-16(9-7-14)22-19(23)18-12-21(18)11-10-15-4-2-3-5-17(15)21/h2-9,13,18H,10-12H2,1H3,(H,22,23)(H,24,25). The summed E-state index contributed by atoms with van der Waals surface area (Å²) in [6.45, 7) is 1.65. The topological polar surface area (TPSA) is 66.4 Å². The molecule has 2 aliphatic rings. The Morgan fingerprint density at radius 3 is 2.60 bits per heavy atom. The molecule has 128 valence electrons. The molecule has 2 aliphatic carbocycles. The number of carbonyl (C=O) groups excluding carboxylic acids is 1. The average Bonchev–Trinajstić information content (AvgIpc) is 3.24. The molecule has 0 saturated heterocycles. The maximum absolute atomic E-state index is 12.7. The maximum Gasteiger partial charge on any atom is 0.310 e. The lowest BCUT2D eigenvalue weighted by atomic mass is 9.95. The Bertz CT molecular complexity index is 842. The SMILES string of the molecule is CC(C(=O)O)c1ccc(NC(=O)C2CC23CCc2ccccc23)cc1. The molecule has 2 N–H and O–H groups in total. The maximum atomic E-state index is 12.7. The summed E-state index contributed by atoms with van der Waals surface area (Å²) >= 11 is 0. The van der Waals surface area contributed by atoms with Gasteiger partial charge in [-0.05, 0) is 55.0 Å². The zero-order valence-corrected chi connectivity index (χ0v) is 14.2. The Morgan fingerprint density at radius 2 is 1.88 bits per heavy atom. The Hall–Kier alpha value is -2.62. The van der Waals surface area contributed by atoms with Gasteiger partial charge in [-0.2, -0.15) is 0 Å². The summed E-state index contributed by atoms with van der Waals surface area (Å²) in [5.41, 5.74) is 4.22. The number of amides is 1. The van der Waals surface area contributed by atoms with Crippen molar-refractivity contribution < 1.29 is 14.7 Å². The van der Waals surface area contributed by atoms with Crippen LogP contribution in [0.1, 0.15) is 42.4 Å². The number of aryl methyl sites for hydroxylation is 1. The summed E-state index contributed by atoms with van der Waals surface area (Å²) in [5.74, 6) is -1.30. The quantitative estimate of drug-likeness (QED) is 0.895. The van der Waals surface area contributed by atoms with E-state index in [0.29, 0.717) is 0 Å². The highest BCUT2D eigenvalue weighted by atomic mass is 16.4. The third kappa shape index (κ3) is 2.62. The second kappa shape index (κ2) is 5.73. The Labute approximate surface area is 146 Å². The van der Waals surface area contributed by atoms with E-state index in [2.05, 4.69) is 29.6 Å². The number of carboxylic acid groups (broad SMARTS) is 1. The molecule has 1 fully saturated rings. The predicted octanol–water partition coefficient (Wildman–Crippen LogP) is 3.72. The van der Waals surface area contributed by atoms with E-state index in [0.717, 1.165) is 30.5 Å². The van der Waals surface area contributed by atoms with Crippen LogP contribution in [0.3, 0.4) is 0 Å². The molecule has 4 heteroatoms. The minimum Gasteiger partial charge on any atom is -0.481 e. The van der Waals surface area contributed by atoms with E-state index in [1.54, 1.807) is 31.2 Å². The first-order valence-corrected chi connectivity index (χ1v) is 8.73.